The molecule has 1 unspecified atom stereocenters. The molecule has 0 bridgehead atoms. The highest BCUT2D eigenvalue weighted by molar-refractivity contribution is 5.94. The molecule has 0 spiro atoms. The smallest absolute Gasteiger partial charge is 0.305 e. The Kier molecular flexibility index (Phi) is 8.30. The lowest BCUT2D eigenvalue weighted by atomic mass is 9.91. The maximum absolute atomic E-state index is 12.2. The Balaban J connectivity index is 1.45. The molecule has 37 heavy (non-hydrogen) atoms. The van der Waals surface area contributed by atoms with Gasteiger partial charge in [0, 0.05) is 28.9 Å². The van der Waals surface area contributed by atoms with E-state index in [9.17, 15) is 9.59 Å². The number of carboxylic acid groups (broad SMARTS) is 1. The summed E-state index contributed by atoms with van der Waals surface area (Å²) in [5.74, 6) is 0.130. The zero-order chi connectivity index (χ0) is 26.2. The van der Waals surface area contributed by atoms with E-state index in [1.165, 1.54) is 0 Å². The van der Waals surface area contributed by atoms with Crippen molar-refractivity contribution in [3.63, 3.8) is 0 Å². The van der Waals surface area contributed by atoms with Gasteiger partial charge in [0.2, 0.25) is 5.82 Å². The van der Waals surface area contributed by atoms with E-state index in [1.54, 1.807) is 12.1 Å². The number of amides is 1. The van der Waals surface area contributed by atoms with Crippen molar-refractivity contribution in [1.29, 1.82) is 0 Å². The molecule has 0 fully saturated rings. The SMILES string of the molecule is CCC(C)[C@H](Nc1ccc(C(=O)NCCC(=O)O)cc1)c1ccc(-c2noc(-c3ccccc3)n2)cc1. The molecular weight excluding hydrogens is 468 g/mol. The number of aliphatic carboxylic acids is 1. The number of nitrogens with zero attached hydrogens (tertiary/aromatic N) is 2. The van der Waals surface area contributed by atoms with Crippen molar-refractivity contribution in [3.05, 3.63) is 90.0 Å². The molecule has 8 nitrogen and oxygen atoms in total. The molecule has 3 aromatic carbocycles. The summed E-state index contributed by atoms with van der Waals surface area (Å²) < 4.78 is 5.45. The third kappa shape index (κ3) is 6.61. The summed E-state index contributed by atoms with van der Waals surface area (Å²) in [5.41, 5.74) is 4.25. The molecule has 0 radical (unpaired) electrons. The molecule has 3 N–H and O–H groups in total. The summed E-state index contributed by atoms with van der Waals surface area (Å²) in [6.45, 7) is 4.45. The Morgan fingerprint density at radius 2 is 1.65 bits per heavy atom. The van der Waals surface area contributed by atoms with E-state index >= 15 is 0 Å². The first-order valence-electron chi connectivity index (χ1n) is 12.3. The van der Waals surface area contributed by atoms with Gasteiger partial charge in [-0.15, -0.1) is 0 Å². The third-order valence-electron chi connectivity index (χ3n) is 6.28. The topological polar surface area (TPSA) is 117 Å². The minimum absolute atomic E-state index is 0.0550. The van der Waals surface area contributed by atoms with E-state index in [-0.39, 0.29) is 24.9 Å². The molecule has 0 aliphatic rings. The summed E-state index contributed by atoms with van der Waals surface area (Å²) >= 11 is 0. The lowest BCUT2D eigenvalue weighted by Gasteiger charge is -2.26. The average Bonchev–Trinajstić information content (AvgIpc) is 3.42. The van der Waals surface area contributed by atoms with Crippen LogP contribution >= 0.6 is 0 Å². The number of nitrogens with one attached hydrogen (secondary N) is 2. The van der Waals surface area contributed by atoms with E-state index in [1.807, 2.05) is 54.6 Å². The van der Waals surface area contributed by atoms with Crippen LogP contribution in [-0.2, 0) is 4.79 Å². The quantitative estimate of drug-likeness (QED) is 0.239. The van der Waals surface area contributed by atoms with Crippen LogP contribution in [0.4, 0.5) is 5.69 Å². The second-order valence-corrected chi connectivity index (χ2v) is 8.90. The van der Waals surface area contributed by atoms with E-state index in [2.05, 4.69) is 46.8 Å². The van der Waals surface area contributed by atoms with Crippen molar-refractivity contribution in [2.24, 2.45) is 5.92 Å². The van der Waals surface area contributed by atoms with Gasteiger partial charge >= 0.3 is 5.97 Å². The van der Waals surface area contributed by atoms with Gasteiger partial charge in [-0.1, -0.05) is 67.9 Å². The van der Waals surface area contributed by atoms with Gasteiger partial charge in [-0.2, -0.15) is 4.98 Å². The normalized spacial score (nSPS) is 12.5. The minimum Gasteiger partial charge on any atom is -0.481 e. The molecule has 0 saturated carbocycles. The van der Waals surface area contributed by atoms with Gasteiger partial charge in [0.15, 0.2) is 0 Å². The molecule has 2 atom stereocenters. The van der Waals surface area contributed by atoms with Gasteiger partial charge in [0.25, 0.3) is 11.8 Å². The second kappa shape index (κ2) is 12.0. The van der Waals surface area contributed by atoms with Crippen molar-refractivity contribution in [2.45, 2.75) is 32.7 Å². The largest absolute Gasteiger partial charge is 0.481 e. The number of rotatable bonds is 11. The van der Waals surface area contributed by atoms with E-state index in [0.717, 1.165) is 28.8 Å². The average molecular weight is 499 g/mol. The molecular formula is C29H30N4O4. The van der Waals surface area contributed by atoms with Crippen molar-refractivity contribution in [2.75, 3.05) is 11.9 Å². The number of anilines is 1. The predicted octanol–water partition coefficient (Wildman–Crippen LogP) is 5.81. The molecule has 8 heteroatoms. The van der Waals surface area contributed by atoms with Crippen LogP contribution in [0.15, 0.2) is 83.4 Å². The number of aromatic nitrogens is 2. The van der Waals surface area contributed by atoms with Crippen molar-refractivity contribution < 1.29 is 19.2 Å². The van der Waals surface area contributed by atoms with Gasteiger partial charge < -0.3 is 20.3 Å². The highest BCUT2D eigenvalue weighted by Gasteiger charge is 2.19. The van der Waals surface area contributed by atoms with Gasteiger partial charge in [-0.3, -0.25) is 9.59 Å². The highest BCUT2D eigenvalue weighted by atomic mass is 16.5. The molecule has 0 aliphatic heterocycles. The number of hydrogen-bond acceptors (Lipinski definition) is 6. The second-order valence-electron chi connectivity index (χ2n) is 8.90. The van der Waals surface area contributed by atoms with Crippen molar-refractivity contribution in [1.82, 2.24) is 15.5 Å². The van der Waals surface area contributed by atoms with Crippen LogP contribution in [0, 0.1) is 5.92 Å². The Bertz CT molecular complexity index is 1320. The van der Waals surface area contributed by atoms with Crippen molar-refractivity contribution in [3.8, 4) is 22.8 Å². The van der Waals surface area contributed by atoms with Crippen LogP contribution in [0.25, 0.3) is 22.8 Å². The van der Waals surface area contributed by atoms with Crippen LogP contribution in [0.1, 0.15) is 48.7 Å². The highest BCUT2D eigenvalue weighted by Crippen LogP contribution is 2.31. The lowest BCUT2D eigenvalue weighted by molar-refractivity contribution is -0.136. The molecule has 4 rings (SSSR count). The lowest BCUT2D eigenvalue weighted by Crippen LogP contribution is -2.26. The summed E-state index contributed by atoms with van der Waals surface area (Å²) in [6.07, 6.45) is 0.871. The van der Waals surface area contributed by atoms with Gasteiger partial charge in [-0.25, -0.2) is 0 Å². The third-order valence-corrected chi connectivity index (χ3v) is 6.28. The Labute approximate surface area is 215 Å². The Morgan fingerprint density at radius 1 is 0.946 bits per heavy atom. The molecule has 4 aromatic rings. The van der Waals surface area contributed by atoms with E-state index < -0.39 is 5.97 Å². The summed E-state index contributed by atoms with van der Waals surface area (Å²) in [7, 11) is 0. The zero-order valence-electron chi connectivity index (χ0n) is 20.8. The fraction of sp³-hybridized carbons (Fsp3) is 0.241. The van der Waals surface area contributed by atoms with Crippen LogP contribution in [0.3, 0.4) is 0 Å². The molecule has 1 heterocycles. The first kappa shape index (κ1) is 25.6. The summed E-state index contributed by atoms with van der Waals surface area (Å²) in [6, 6.07) is 25.0. The Hall–Kier alpha value is -4.46. The van der Waals surface area contributed by atoms with Crippen LogP contribution < -0.4 is 10.6 Å². The number of benzene rings is 3. The number of hydrogen-bond donors (Lipinski definition) is 3. The molecule has 1 aromatic heterocycles. The predicted molar refractivity (Wildman–Crippen MR) is 142 cm³/mol. The first-order chi connectivity index (χ1) is 17.9. The van der Waals surface area contributed by atoms with Gasteiger partial charge in [-0.05, 0) is 47.9 Å². The molecule has 1 amide bonds. The number of carbonyl (C=O) groups is 2. The molecule has 0 saturated heterocycles. The fourth-order valence-corrected chi connectivity index (χ4v) is 3.95. The van der Waals surface area contributed by atoms with Crippen molar-refractivity contribution >= 4 is 17.6 Å². The zero-order valence-corrected chi connectivity index (χ0v) is 20.8. The number of carboxylic acids is 1. The Morgan fingerprint density at radius 3 is 2.30 bits per heavy atom. The molecule has 0 aliphatic carbocycles. The van der Waals surface area contributed by atoms with Crippen LogP contribution in [0.5, 0.6) is 0 Å². The summed E-state index contributed by atoms with van der Waals surface area (Å²) in [4.78, 5) is 27.4. The van der Waals surface area contributed by atoms with E-state index in [0.29, 0.717) is 23.2 Å². The van der Waals surface area contributed by atoms with Gasteiger partial charge in [0.1, 0.15) is 0 Å². The first-order valence-corrected chi connectivity index (χ1v) is 12.3. The summed E-state index contributed by atoms with van der Waals surface area (Å²) in [5, 5.41) is 19.1. The van der Waals surface area contributed by atoms with Crippen LogP contribution in [-0.4, -0.2) is 33.7 Å². The maximum Gasteiger partial charge on any atom is 0.305 e. The standard InChI is InChI=1S/C29H30N4O4/c1-3-19(2)26(31-24-15-13-22(14-16-24)28(36)30-18-17-25(34)35)20-9-11-21(12-10-20)27-32-29(37-33-27)23-7-5-4-6-8-23/h4-16,19,26,31H,3,17-18H2,1-2H3,(H,30,36)(H,34,35)/t19?,26-/m0/s1. The van der Waals surface area contributed by atoms with E-state index in [4.69, 9.17) is 9.63 Å². The van der Waals surface area contributed by atoms with Crippen LogP contribution in [0.2, 0.25) is 0 Å². The number of carbonyl (C=O) groups excluding carboxylic acids is 1. The minimum atomic E-state index is -0.946. The fourth-order valence-electron chi connectivity index (χ4n) is 3.95. The maximum atomic E-state index is 12.2. The molecule has 190 valence electrons. The monoisotopic (exact) mass is 498 g/mol. The van der Waals surface area contributed by atoms with Gasteiger partial charge in [0.05, 0.1) is 12.5 Å².